The van der Waals surface area contributed by atoms with Crippen molar-refractivity contribution in [2.75, 3.05) is 11.5 Å². The van der Waals surface area contributed by atoms with Crippen molar-refractivity contribution < 1.29 is 9.53 Å². The van der Waals surface area contributed by atoms with Crippen LogP contribution in [-0.2, 0) is 4.79 Å². The van der Waals surface area contributed by atoms with Gasteiger partial charge in [0.2, 0.25) is 0 Å². The highest BCUT2D eigenvalue weighted by Gasteiger charge is 2.32. The van der Waals surface area contributed by atoms with E-state index in [2.05, 4.69) is 11.2 Å². The fraction of sp³-hybridized carbons (Fsp3) is 0.100. The molecule has 4 nitrogen and oxygen atoms in total. The SMILES string of the molecule is C#CCOc1ccccc1/C=C1/NC(=S)N(c2ccc(C)cc2)C1=O. The monoisotopic (exact) mass is 348 g/mol. The van der Waals surface area contributed by atoms with Crippen LogP contribution in [-0.4, -0.2) is 17.6 Å². The third kappa shape index (κ3) is 3.54. The number of benzene rings is 2. The molecule has 2 aromatic carbocycles. The summed E-state index contributed by atoms with van der Waals surface area (Å²) >= 11 is 5.32. The molecule has 0 radical (unpaired) electrons. The molecular weight excluding hydrogens is 332 g/mol. The van der Waals surface area contributed by atoms with E-state index >= 15 is 0 Å². The average Bonchev–Trinajstić information content (AvgIpc) is 2.89. The van der Waals surface area contributed by atoms with Crippen molar-refractivity contribution in [2.45, 2.75) is 6.92 Å². The third-order valence-electron chi connectivity index (χ3n) is 3.70. The number of ether oxygens (including phenoxy) is 1. The van der Waals surface area contributed by atoms with Crippen molar-refractivity contribution in [1.82, 2.24) is 5.32 Å². The molecule has 1 heterocycles. The third-order valence-corrected chi connectivity index (χ3v) is 3.98. The number of nitrogens with one attached hydrogen (secondary N) is 1. The molecule has 2 aromatic rings. The Bertz CT molecular complexity index is 895. The molecule has 5 heteroatoms. The van der Waals surface area contributed by atoms with Crippen LogP contribution in [0.1, 0.15) is 11.1 Å². The van der Waals surface area contributed by atoms with Crippen LogP contribution in [0.25, 0.3) is 6.08 Å². The van der Waals surface area contributed by atoms with E-state index < -0.39 is 0 Å². The molecule has 1 N–H and O–H groups in total. The molecular formula is C20H16N2O2S. The molecule has 1 aliphatic heterocycles. The van der Waals surface area contributed by atoms with Gasteiger partial charge in [0.25, 0.3) is 5.91 Å². The first-order chi connectivity index (χ1) is 12.1. The summed E-state index contributed by atoms with van der Waals surface area (Å²) in [7, 11) is 0. The highest BCUT2D eigenvalue weighted by atomic mass is 32.1. The zero-order valence-corrected chi connectivity index (χ0v) is 14.5. The van der Waals surface area contributed by atoms with Gasteiger partial charge in [0, 0.05) is 5.56 Å². The molecule has 0 spiro atoms. The van der Waals surface area contributed by atoms with E-state index in [1.165, 1.54) is 4.90 Å². The molecule has 1 fully saturated rings. The van der Waals surface area contributed by atoms with Crippen molar-refractivity contribution in [3.8, 4) is 18.1 Å². The van der Waals surface area contributed by atoms with Crippen LogP contribution in [0, 0.1) is 19.3 Å². The van der Waals surface area contributed by atoms with E-state index in [9.17, 15) is 4.79 Å². The van der Waals surface area contributed by atoms with Crippen molar-refractivity contribution in [3.63, 3.8) is 0 Å². The average molecular weight is 348 g/mol. The first kappa shape index (κ1) is 16.7. The van der Waals surface area contributed by atoms with Gasteiger partial charge in [-0.25, -0.2) is 0 Å². The molecule has 3 rings (SSSR count). The molecule has 124 valence electrons. The number of carbonyl (C=O) groups is 1. The van der Waals surface area contributed by atoms with Gasteiger partial charge in [0.1, 0.15) is 18.1 Å². The van der Waals surface area contributed by atoms with E-state index in [0.717, 1.165) is 16.8 Å². The number of rotatable bonds is 4. The number of hydrogen-bond donors (Lipinski definition) is 1. The van der Waals surface area contributed by atoms with Crippen LogP contribution >= 0.6 is 12.2 Å². The number of terminal acetylenes is 1. The summed E-state index contributed by atoms with van der Waals surface area (Å²) in [6.07, 6.45) is 6.96. The second-order valence-corrected chi connectivity index (χ2v) is 5.88. The lowest BCUT2D eigenvalue weighted by atomic mass is 10.1. The van der Waals surface area contributed by atoms with Crippen LogP contribution in [0.4, 0.5) is 5.69 Å². The van der Waals surface area contributed by atoms with E-state index in [4.69, 9.17) is 23.4 Å². The Balaban J connectivity index is 1.91. The Morgan fingerprint density at radius 3 is 2.68 bits per heavy atom. The summed E-state index contributed by atoms with van der Waals surface area (Å²) in [5, 5.41) is 3.32. The van der Waals surface area contributed by atoms with Gasteiger partial charge in [0.15, 0.2) is 5.11 Å². The summed E-state index contributed by atoms with van der Waals surface area (Å²) in [6, 6.07) is 15.0. The van der Waals surface area contributed by atoms with Gasteiger partial charge in [-0.2, -0.15) is 0 Å². The topological polar surface area (TPSA) is 41.6 Å². The minimum absolute atomic E-state index is 0.162. The van der Waals surface area contributed by atoms with Gasteiger partial charge < -0.3 is 10.1 Å². The molecule has 1 saturated heterocycles. The molecule has 1 amide bonds. The van der Waals surface area contributed by atoms with E-state index in [1.54, 1.807) is 12.1 Å². The van der Waals surface area contributed by atoms with Crippen molar-refractivity contribution in [2.24, 2.45) is 0 Å². The first-order valence-corrected chi connectivity index (χ1v) is 8.10. The fourth-order valence-electron chi connectivity index (χ4n) is 2.47. The molecule has 0 unspecified atom stereocenters. The van der Waals surface area contributed by atoms with Crippen molar-refractivity contribution in [1.29, 1.82) is 0 Å². The number of hydrogen-bond acceptors (Lipinski definition) is 3. The minimum atomic E-state index is -0.208. The highest BCUT2D eigenvalue weighted by Crippen LogP contribution is 2.25. The van der Waals surface area contributed by atoms with Crippen LogP contribution in [0.3, 0.4) is 0 Å². The predicted octanol–water partition coefficient (Wildman–Crippen LogP) is 3.27. The Kier molecular flexibility index (Phi) is 4.82. The van der Waals surface area contributed by atoms with Gasteiger partial charge in [-0.1, -0.05) is 41.8 Å². The van der Waals surface area contributed by atoms with Crippen molar-refractivity contribution >= 4 is 35.0 Å². The quantitative estimate of drug-likeness (QED) is 0.523. The second kappa shape index (κ2) is 7.20. The molecule has 0 saturated carbocycles. The van der Waals surface area contributed by atoms with Crippen LogP contribution in [0.2, 0.25) is 0 Å². The molecule has 25 heavy (non-hydrogen) atoms. The number of thiocarbonyl (C=S) groups is 1. The van der Waals surface area contributed by atoms with Gasteiger partial charge in [-0.15, -0.1) is 6.42 Å². The van der Waals surface area contributed by atoms with E-state index in [1.807, 2.05) is 49.4 Å². The number of nitrogens with zero attached hydrogens (tertiary/aromatic N) is 1. The fourth-order valence-corrected chi connectivity index (χ4v) is 2.77. The molecule has 0 atom stereocenters. The van der Waals surface area contributed by atoms with Gasteiger partial charge >= 0.3 is 0 Å². The maximum Gasteiger partial charge on any atom is 0.281 e. The zero-order valence-electron chi connectivity index (χ0n) is 13.7. The maximum absolute atomic E-state index is 12.8. The maximum atomic E-state index is 12.8. The summed E-state index contributed by atoms with van der Waals surface area (Å²) in [6.45, 7) is 2.15. The van der Waals surface area contributed by atoms with Crippen molar-refractivity contribution in [3.05, 3.63) is 65.4 Å². The Morgan fingerprint density at radius 2 is 1.96 bits per heavy atom. The zero-order chi connectivity index (χ0) is 17.8. The summed E-state index contributed by atoms with van der Waals surface area (Å²) in [5.74, 6) is 2.84. The Hall–Kier alpha value is -3.10. The lowest BCUT2D eigenvalue weighted by Gasteiger charge is -2.14. The minimum Gasteiger partial charge on any atom is -0.480 e. The number of para-hydroxylation sites is 1. The Morgan fingerprint density at radius 1 is 1.24 bits per heavy atom. The summed E-state index contributed by atoms with van der Waals surface area (Å²) in [4.78, 5) is 14.2. The summed E-state index contributed by atoms with van der Waals surface area (Å²) < 4.78 is 5.52. The number of aryl methyl sites for hydroxylation is 1. The Labute approximate surface area is 152 Å². The molecule has 0 aromatic heterocycles. The van der Waals surface area contributed by atoms with Gasteiger partial charge in [-0.05, 0) is 43.4 Å². The van der Waals surface area contributed by atoms with E-state index in [-0.39, 0.29) is 12.5 Å². The lowest BCUT2D eigenvalue weighted by molar-refractivity contribution is -0.113. The standard InChI is InChI=1S/C20H16N2O2S/c1-3-12-24-18-7-5-4-6-15(18)13-17-19(23)22(20(25)21-17)16-10-8-14(2)9-11-16/h1,4-11,13H,12H2,2H3,(H,21,25)/b17-13+. The van der Waals surface area contributed by atoms with Gasteiger partial charge in [0.05, 0.1) is 5.69 Å². The highest BCUT2D eigenvalue weighted by molar-refractivity contribution is 7.80. The van der Waals surface area contributed by atoms with Crippen LogP contribution < -0.4 is 15.0 Å². The van der Waals surface area contributed by atoms with Crippen LogP contribution in [0.5, 0.6) is 5.75 Å². The van der Waals surface area contributed by atoms with Crippen LogP contribution in [0.15, 0.2) is 54.2 Å². The number of amides is 1. The number of carbonyl (C=O) groups excluding carboxylic acids is 1. The summed E-state index contributed by atoms with van der Waals surface area (Å²) in [5.41, 5.74) is 2.99. The smallest absolute Gasteiger partial charge is 0.281 e. The van der Waals surface area contributed by atoms with Gasteiger partial charge in [-0.3, -0.25) is 9.69 Å². The molecule has 0 aliphatic carbocycles. The second-order valence-electron chi connectivity index (χ2n) is 5.49. The van der Waals surface area contributed by atoms with E-state index in [0.29, 0.717) is 16.6 Å². The normalized spacial score (nSPS) is 15.2. The lowest BCUT2D eigenvalue weighted by Crippen LogP contribution is -2.30. The number of anilines is 1. The predicted molar refractivity (Wildman–Crippen MR) is 103 cm³/mol. The first-order valence-electron chi connectivity index (χ1n) is 7.69. The molecule has 0 bridgehead atoms. The molecule has 1 aliphatic rings. The largest absolute Gasteiger partial charge is 0.480 e.